The molecule has 28 heavy (non-hydrogen) atoms. The molecule has 0 atom stereocenters. The lowest BCUT2D eigenvalue weighted by atomic mass is 10.0. The summed E-state index contributed by atoms with van der Waals surface area (Å²) in [6.07, 6.45) is 9.15. The molecular weight excluding hydrogens is 348 g/mol. The highest BCUT2D eigenvalue weighted by molar-refractivity contribution is 5.89. The summed E-state index contributed by atoms with van der Waals surface area (Å²) in [4.78, 5) is 0. The second-order valence-corrected chi connectivity index (χ2v) is 7.09. The number of ether oxygens (including phenoxy) is 2. The van der Waals surface area contributed by atoms with Crippen LogP contribution >= 0.6 is 0 Å². The lowest BCUT2D eigenvalue weighted by Gasteiger charge is -2.15. The number of nitriles is 2. The highest BCUT2D eigenvalue weighted by atomic mass is 16.5. The fraction of sp³-hybridized carbons (Fsp3) is 0.500. The summed E-state index contributed by atoms with van der Waals surface area (Å²) in [5.74, 6) is 1.43. The molecule has 0 heterocycles. The molecule has 0 aliphatic carbocycles. The van der Waals surface area contributed by atoms with Crippen LogP contribution in [0.1, 0.15) is 76.3 Å². The van der Waals surface area contributed by atoms with Gasteiger partial charge in [-0.3, -0.25) is 0 Å². The van der Waals surface area contributed by atoms with Crippen LogP contribution in [0.5, 0.6) is 11.5 Å². The maximum Gasteiger partial charge on any atom is 0.161 e. The molecule has 0 N–H and O–H groups in total. The fourth-order valence-electron chi connectivity index (χ4n) is 3.14. The number of fused-ring (bicyclic) bond motifs is 1. The van der Waals surface area contributed by atoms with E-state index in [9.17, 15) is 10.5 Å². The summed E-state index contributed by atoms with van der Waals surface area (Å²) in [7, 11) is 0. The van der Waals surface area contributed by atoms with Gasteiger partial charge in [0.25, 0.3) is 0 Å². The molecule has 0 aromatic heterocycles. The van der Waals surface area contributed by atoms with Gasteiger partial charge in [0, 0.05) is 0 Å². The maximum atomic E-state index is 9.29. The van der Waals surface area contributed by atoms with Crippen LogP contribution in [0, 0.1) is 22.7 Å². The number of unbranched alkanes of at least 4 members (excludes halogenated alkanes) is 6. The van der Waals surface area contributed by atoms with Crippen molar-refractivity contribution >= 4 is 10.8 Å². The van der Waals surface area contributed by atoms with Crippen molar-refractivity contribution < 1.29 is 9.47 Å². The molecule has 0 aliphatic heterocycles. The van der Waals surface area contributed by atoms with E-state index in [0.29, 0.717) is 35.8 Å². The minimum atomic E-state index is 0.386. The van der Waals surface area contributed by atoms with E-state index in [0.717, 1.165) is 36.5 Å². The average molecular weight is 379 g/mol. The van der Waals surface area contributed by atoms with Crippen molar-refractivity contribution in [3.63, 3.8) is 0 Å². The fourth-order valence-corrected chi connectivity index (χ4v) is 3.14. The van der Waals surface area contributed by atoms with Gasteiger partial charge in [0.05, 0.1) is 24.3 Å². The van der Waals surface area contributed by atoms with Crippen LogP contribution in [0.25, 0.3) is 10.8 Å². The monoisotopic (exact) mass is 378 g/mol. The number of hydrogen-bond donors (Lipinski definition) is 0. The van der Waals surface area contributed by atoms with Crippen LogP contribution in [0.2, 0.25) is 0 Å². The standard InChI is InChI=1S/C24H30N2O2/c1-3-5-7-9-11-27-23-15-19-13-21(17-25)22(18-26)14-20(19)16-24(23)28-12-10-8-6-4-2/h13-16H,3-12H2,1-2H3. The minimum absolute atomic E-state index is 0.386. The van der Waals surface area contributed by atoms with E-state index in [-0.39, 0.29) is 0 Å². The molecular formula is C24H30N2O2. The Morgan fingerprint density at radius 2 is 1.07 bits per heavy atom. The quantitative estimate of drug-likeness (QED) is 0.395. The van der Waals surface area contributed by atoms with Crippen molar-refractivity contribution in [1.29, 1.82) is 10.5 Å². The minimum Gasteiger partial charge on any atom is -0.490 e. The van der Waals surface area contributed by atoms with E-state index in [1.165, 1.54) is 25.7 Å². The molecule has 2 aromatic rings. The largest absolute Gasteiger partial charge is 0.490 e. The zero-order valence-electron chi connectivity index (χ0n) is 17.1. The SMILES string of the molecule is CCCCCCOc1cc2cc(C#N)c(C#N)cc2cc1OCCCCCC. The summed E-state index contributed by atoms with van der Waals surface area (Å²) in [6.45, 7) is 5.69. The van der Waals surface area contributed by atoms with Gasteiger partial charge in [-0.25, -0.2) is 0 Å². The van der Waals surface area contributed by atoms with E-state index < -0.39 is 0 Å². The van der Waals surface area contributed by atoms with Gasteiger partial charge in [0.15, 0.2) is 11.5 Å². The highest BCUT2D eigenvalue weighted by Crippen LogP contribution is 2.34. The van der Waals surface area contributed by atoms with Crippen LogP contribution in [0.3, 0.4) is 0 Å². The zero-order valence-corrected chi connectivity index (χ0v) is 17.1. The van der Waals surface area contributed by atoms with Crippen molar-refractivity contribution in [1.82, 2.24) is 0 Å². The Bertz CT molecular complexity index is 776. The van der Waals surface area contributed by atoms with Gasteiger partial charge in [0.2, 0.25) is 0 Å². The number of nitrogens with zero attached hydrogens (tertiary/aromatic N) is 2. The van der Waals surface area contributed by atoms with Crippen LogP contribution in [-0.4, -0.2) is 13.2 Å². The average Bonchev–Trinajstić information content (AvgIpc) is 2.72. The van der Waals surface area contributed by atoms with Crippen LogP contribution in [0.15, 0.2) is 24.3 Å². The molecule has 0 radical (unpaired) electrons. The molecule has 0 aliphatic rings. The van der Waals surface area contributed by atoms with Crippen molar-refractivity contribution in [3.05, 3.63) is 35.4 Å². The molecule has 0 fully saturated rings. The molecule has 4 nitrogen and oxygen atoms in total. The third kappa shape index (κ3) is 6.17. The third-order valence-electron chi connectivity index (χ3n) is 4.79. The third-order valence-corrected chi connectivity index (χ3v) is 4.79. The van der Waals surface area contributed by atoms with Gasteiger partial charge in [-0.05, 0) is 47.9 Å². The Morgan fingerprint density at radius 3 is 1.43 bits per heavy atom. The lowest BCUT2D eigenvalue weighted by Crippen LogP contribution is -2.03. The Labute approximate surface area is 168 Å². The number of hydrogen-bond acceptors (Lipinski definition) is 4. The number of benzene rings is 2. The van der Waals surface area contributed by atoms with Crippen LogP contribution < -0.4 is 9.47 Å². The number of rotatable bonds is 12. The Kier molecular flexibility index (Phi) is 9.16. The van der Waals surface area contributed by atoms with E-state index >= 15 is 0 Å². The second-order valence-electron chi connectivity index (χ2n) is 7.09. The zero-order chi connectivity index (χ0) is 20.2. The summed E-state index contributed by atoms with van der Waals surface area (Å²) in [6, 6.07) is 11.6. The molecule has 0 unspecified atom stereocenters. The van der Waals surface area contributed by atoms with Crippen molar-refractivity contribution in [2.24, 2.45) is 0 Å². The molecule has 148 valence electrons. The van der Waals surface area contributed by atoms with Gasteiger partial charge in [-0.1, -0.05) is 52.4 Å². The summed E-state index contributed by atoms with van der Waals surface area (Å²) in [5, 5.41) is 20.3. The summed E-state index contributed by atoms with van der Waals surface area (Å²) >= 11 is 0. The highest BCUT2D eigenvalue weighted by Gasteiger charge is 2.11. The molecule has 0 bridgehead atoms. The van der Waals surface area contributed by atoms with Crippen LogP contribution in [-0.2, 0) is 0 Å². The smallest absolute Gasteiger partial charge is 0.161 e. The Morgan fingerprint density at radius 1 is 0.643 bits per heavy atom. The molecule has 2 aromatic carbocycles. The van der Waals surface area contributed by atoms with Gasteiger partial charge in [-0.15, -0.1) is 0 Å². The molecule has 0 amide bonds. The van der Waals surface area contributed by atoms with E-state index in [1.54, 1.807) is 12.1 Å². The lowest BCUT2D eigenvalue weighted by molar-refractivity contribution is 0.259. The van der Waals surface area contributed by atoms with Crippen molar-refractivity contribution in [2.75, 3.05) is 13.2 Å². The van der Waals surface area contributed by atoms with Gasteiger partial charge in [-0.2, -0.15) is 10.5 Å². The van der Waals surface area contributed by atoms with Gasteiger partial charge in [0.1, 0.15) is 12.1 Å². The first-order chi connectivity index (χ1) is 13.7. The maximum absolute atomic E-state index is 9.29. The van der Waals surface area contributed by atoms with Gasteiger partial charge >= 0.3 is 0 Å². The first-order valence-electron chi connectivity index (χ1n) is 10.4. The first kappa shape index (κ1) is 21.6. The van der Waals surface area contributed by atoms with E-state index in [1.807, 2.05) is 12.1 Å². The van der Waals surface area contributed by atoms with Crippen molar-refractivity contribution in [3.8, 4) is 23.6 Å². The molecule has 0 spiro atoms. The molecule has 2 rings (SSSR count). The second kappa shape index (κ2) is 11.9. The summed E-state index contributed by atoms with van der Waals surface area (Å²) < 4.78 is 12.1. The Balaban J connectivity index is 2.23. The predicted molar refractivity (Wildman–Crippen MR) is 113 cm³/mol. The van der Waals surface area contributed by atoms with E-state index in [2.05, 4.69) is 26.0 Å². The first-order valence-corrected chi connectivity index (χ1v) is 10.4. The Hall–Kier alpha value is -2.72. The molecule has 4 heteroatoms. The normalized spacial score (nSPS) is 10.4. The molecule has 0 saturated heterocycles. The summed E-state index contributed by atoms with van der Waals surface area (Å²) in [5.41, 5.74) is 0.772. The van der Waals surface area contributed by atoms with E-state index in [4.69, 9.17) is 9.47 Å². The van der Waals surface area contributed by atoms with Crippen molar-refractivity contribution in [2.45, 2.75) is 65.2 Å². The topological polar surface area (TPSA) is 66.0 Å². The predicted octanol–water partition coefficient (Wildman–Crippen LogP) is 6.50. The van der Waals surface area contributed by atoms with Gasteiger partial charge < -0.3 is 9.47 Å². The van der Waals surface area contributed by atoms with Crippen LogP contribution in [0.4, 0.5) is 0 Å². The molecule has 0 saturated carbocycles.